The van der Waals surface area contributed by atoms with E-state index in [4.69, 9.17) is 5.73 Å². The molecule has 1 aromatic heterocycles. The molecule has 0 aliphatic carbocycles. The fraction of sp³-hybridized carbons (Fsp3) is 0.375. The van der Waals surface area contributed by atoms with Crippen LogP contribution in [0.15, 0.2) is 35.1 Å². The lowest BCUT2D eigenvalue weighted by Crippen LogP contribution is -2.39. The zero-order chi connectivity index (χ0) is 15.6. The molecule has 0 radical (unpaired) electrons. The van der Waals surface area contributed by atoms with Crippen molar-refractivity contribution in [2.24, 2.45) is 0 Å². The van der Waals surface area contributed by atoms with Crippen molar-refractivity contribution in [3.05, 3.63) is 40.7 Å². The van der Waals surface area contributed by atoms with E-state index in [0.717, 1.165) is 5.39 Å². The molecule has 2 aromatic rings. The van der Waals surface area contributed by atoms with Crippen LogP contribution in [0.5, 0.6) is 0 Å². The lowest BCUT2D eigenvalue weighted by atomic mass is 10.1. The van der Waals surface area contributed by atoms with Gasteiger partial charge in [0.1, 0.15) is 11.9 Å². The Morgan fingerprint density at radius 1 is 1.29 bits per heavy atom. The maximum Gasteiger partial charge on any atom is 0.260 e. The highest BCUT2D eigenvalue weighted by molar-refractivity contribution is 5.85. The van der Waals surface area contributed by atoms with Crippen LogP contribution in [0.3, 0.4) is 0 Å². The lowest BCUT2D eigenvalue weighted by molar-refractivity contribution is -0.133. The number of nitrogens with zero attached hydrogens (tertiary/aromatic N) is 2. The number of nitrogens with two attached hydrogens (primary N) is 1. The van der Waals surface area contributed by atoms with Gasteiger partial charge in [-0.2, -0.15) is 0 Å². The van der Waals surface area contributed by atoms with Crippen molar-refractivity contribution in [1.82, 2.24) is 9.47 Å². The highest BCUT2D eigenvalue weighted by atomic mass is 16.2. The molecule has 5 nitrogen and oxygen atoms in total. The van der Waals surface area contributed by atoms with E-state index >= 15 is 0 Å². The summed E-state index contributed by atoms with van der Waals surface area (Å²) in [6.45, 7) is 6.78. The fourth-order valence-electron chi connectivity index (χ4n) is 2.60. The van der Waals surface area contributed by atoms with Gasteiger partial charge in [-0.1, -0.05) is 18.2 Å². The Morgan fingerprint density at radius 3 is 2.52 bits per heavy atom. The third kappa shape index (κ3) is 2.63. The van der Waals surface area contributed by atoms with E-state index in [1.165, 1.54) is 4.57 Å². The number of aromatic nitrogens is 1. The molecule has 0 aliphatic heterocycles. The van der Waals surface area contributed by atoms with Crippen LogP contribution in [-0.2, 0) is 4.79 Å². The number of pyridine rings is 1. The Labute approximate surface area is 124 Å². The van der Waals surface area contributed by atoms with E-state index in [1.807, 2.05) is 26.0 Å². The van der Waals surface area contributed by atoms with E-state index in [0.29, 0.717) is 24.3 Å². The first-order valence-electron chi connectivity index (χ1n) is 7.19. The van der Waals surface area contributed by atoms with Crippen molar-refractivity contribution >= 4 is 22.5 Å². The van der Waals surface area contributed by atoms with Crippen LogP contribution in [0.4, 0.5) is 5.82 Å². The summed E-state index contributed by atoms with van der Waals surface area (Å²) in [6.07, 6.45) is 0. The number of rotatable bonds is 4. The van der Waals surface area contributed by atoms with Crippen molar-refractivity contribution in [2.75, 3.05) is 18.8 Å². The summed E-state index contributed by atoms with van der Waals surface area (Å²) in [5.41, 5.74) is 5.78. The minimum Gasteiger partial charge on any atom is -0.385 e. The highest BCUT2D eigenvalue weighted by Gasteiger charge is 2.23. The maximum absolute atomic E-state index is 12.6. The molecule has 1 heterocycles. The molecule has 0 fully saturated rings. The molecule has 2 rings (SSSR count). The topological polar surface area (TPSA) is 68.3 Å². The zero-order valence-electron chi connectivity index (χ0n) is 12.7. The van der Waals surface area contributed by atoms with Gasteiger partial charge in [-0.3, -0.25) is 14.2 Å². The quantitative estimate of drug-likeness (QED) is 0.935. The minimum atomic E-state index is -0.609. The summed E-state index contributed by atoms with van der Waals surface area (Å²) in [5.74, 6) is 0.218. The average Bonchev–Trinajstić information content (AvgIpc) is 2.48. The second-order valence-electron chi connectivity index (χ2n) is 5.02. The van der Waals surface area contributed by atoms with E-state index in [2.05, 4.69) is 0 Å². The van der Waals surface area contributed by atoms with Gasteiger partial charge in [0, 0.05) is 18.5 Å². The second-order valence-corrected chi connectivity index (χ2v) is 5.02. The van der Waals surface area contributed by atoms with Gasteiger partial charge in [-0.25, -0.2) is 0 Å². The normalized spacial score (nSPS) is 12.3. The zero-order valence-corrected chi connectivity index (χ0v) is 12.7. The molecule has 1 aromatic carbocycles. The van der Waals surface area contributed by atoms with Gasteiger partial charge >= 0.3 is 0 Å². The Kier molecular flexibility index (Phi) is 4.31. The van der Waals surface area contributed by atoms with Gasteiger partial charge in [0.05, 0.1) is 0 Å². The second kappa shape index (κ2) is 5.99. The van der Waals surface area contributed by atoms with E-state index in [-0.39, 0.29) is 11.5 Å². The van der Waals surface area contributed by atoms with Gasteiger partial charge in [0.15, 0.2) is 0 Å². The number of nitrogen functional groups attached to an aromatic ring is 1. The molecule has 0 spiro atoms. The minimum absolute atomic E-state index is 0.0934. The monoisotopic (exact) mass is 287 g/mol. The maximum atomic E-state index is 12.6. The Hall–Kier alpha value is -2.30. The highest BCUT2D eigenvalue weighted by Crippen LogP contribution is 2.18. The molecule has 0 saturated carbocycles. The molecule has 1 atom stereocenters. The summed E-state index contributed by atoms with van der Waals surface area (Å²) in [7, 11) is 0. The Bertz CT molecular complexity index is 717. The lowest BCUT2D eigenvalue weighted by Gasteiger charge is -2.25. The largest absolute Gasteiger partial charge is 0.385 e. The average molecular weight is 287 g/mol. The van der Waals surface area contributed by atoms with E-state index in [9.17, 15) is 9.59 Å². The van der Waals surface area contributed by atoms with Crippen LogP contribution in [0.25, 0.3) is 10.8 Å². The molecule has 0 aliphatic rings. The number of amides is 1. The number of carbonyl (C=O) groups excluding carboxylic acids is 1. The number of carbonyl (C=O) groups is 1. The summed E-state index contributed by atoms with van der Waals surface area (Å²) in [5, 5.41) is 1.37. The van der Waals surface area contributed by atoms with Crippen molar-refractivity contribution in [3.8, 4) is 0 Å². The van der Waals surface area contributed by atoms with Crippen molar-refractivity contribution in [3.63, 3.8) is 0 Å². The number of fused-ring (bicyclic) bond motifs is 1. The van der Waals surface area contributed by atoms with E-state index in [1.54, 1.807) is 30.0 Å². The number of anilines is 1. The first-order valence-corrected chi connectivity index (χ1v) is 7.19. The first kappa shape index (κ1) is 15.1. The van der Waals surface area contributed by atoms with E-state index < -0.39 is 6.04 Å². The third-order valence-electron chi connectivity index (χ3n) is 3.81. The predicted molar refractivity (Wildman–Crippen MR) is 85.3 cm³/mol. The van der Waals surface area contributed by atoms with Crippen molar-refractivity contribution in [2.45, 2.75) is 26.8 Å². The van der Waals surface area contributed by atoms with Crippen molar-refractivity contribution < 1.29 is 4.79 Å². The van der Waals surface area contributed by atoms with Gasteiger partial charge in [0.2, 0.25) is 5.91 Å². The molecule has 5 heteroatoms. The van der Waals surface area contributed by atoms with Crippen LogP contribution in [0.2, 0.25) is 0 Å². The van der Waals surface area contributed by atoms with Crippen LogP contribution in [0, 0.1) is 0 Å². The molecular weight excluding hydrogens is 266 g/mol. The Balaban J connectivity index is 2.56. The van der Waals surface area contributed by atoms with Gasteiger partial charge in [0.25, 0.3) is 5.56 Å². The molecular formula is C16H21N3O2. The molecule has 0 saturated heterocycles. The van der Waals surface area contributed by atoms with Crippen LogP contribution < -0.4 is 11.3 Å². The number of benzene rings is 1. The van der Waals surface area contributed by atoms with Crippen LogP contribution in [-0.4, -0.2) is 28.5 Å². The molecule has 21 heavy (non-hydrogen) atoms. The predicted octanol–water partition coefficient (Wildman–Crippen LogP) is 2.01. The van der Waals surface area contributed by atoms with Crippen molar-refractivity contribution in [1.29, 1.82) is 0 Å². The van der Waals surface area contributed by atoms with Crippen LogP contribution >= 0.6 is 0 Å². The molecule has 1 unspecified atom stereocenters. The number of hydrogen-bond donors (Lipinski definition) is 1. The molecule has 0 bridgehead atoms. The van der Waals surface area contributed by atoms with Gasteiger partial charge in [-0.15, -0.1) is 0 Å². The molecule has 112 valence electrons. The fourth-order valence-corrected chi connectivity index (χ4v) is 2.60. The first-order chi connectivity index (χ1) is 10.0. The summed E-state index contributed by atoms with van der Waals surface area (Å²) < 4.78 is 1.38. The Morgan fingerprint density at radius 2 is 1.90 bits per heavy atom. The SMILES string of the molecule is CCN(CC)C(=O)C(C)n1c(N)cc2ccccc2c1=O. The third-order valence-corrected chi connectivity index (χ3v) is 3.81. The van der Waals surface area contributed by atoms with Crippen LogP contribution in [0.1, 0.15) is 26.8 Å². The molecule has 1 amide bonds. The molecule has 2 N–H and O–H groups in total. The summed E-state index contributed by atoms with van der Waals surface area (Å²) >= 11 is 0. The van der Waals surface area contributed by atoms with Gasteiger partial charge < -0.3 is 10.6 Å². The smallest absolute Gasteiger partial charge is 0.260 e. The summed E-state index contributed by atoms with van der Waals surface area (Å²) in [4.78, 5) is 26.8. The standard InChI is InChI=1S/C16H21N3O2/c1-4-18(5-2)15(20)11(3)19-14(17)10-12-8-6-7-9-13(12)16(19)21/h6-11H,4-5,17H2,1-3H3. The number of hydrogen-bond acceptors (Lipinski definition) is 3. The van der Waals surface area contributed by atoms with Gasteiger partial charge in [-0.05, 0) is 38.3 Å². The number of likely N-dealkylation sites (N-methyl/N-ethyl adjacent to an activating group) is 1. The summed E-state index contributed by atoms with van der Waals surface area (Å²) in [6, 6.07) is 8.39.